The highest BCUT2D eigenvalue weighted by atomic mass is 32.2. The zero-order valence-corrected chi connectivity index (χ0v) is 12.9. The Kier molecular flexibility index (Phi) is 4.51. The van der Waals surface area contributed by atoms with Crippen LogP contribution in [0.3, 0.4) is 0 Å². The van der Waals surface area contributed by atoms with Crippen LogP contribution in [0, 0.1) is 0 Å². The third-order valence-electron chi connectivity index (χ3n) is 3.90. The molecule has 2 aromatic rings. The molecule has 1 saturated heterocycles. The highest BCUT2D eigenvalue weighted by Gasteiger charge is 2.17. The van der Waals surface area contributed by atoms with Gasteiger partial charge in [0.25, 0.3) is 0 Å². The standard InChI is InChI=1S/C18H22OS/c1-2-3-10-19-17-9-8-14-12-16(7-6-15(14)13-17)18-5-4-11-20-18/h6-9,12-13,18H,2-5,10-11H2,1H3. The van der Waals surface area contributed by atoms with Crippen molar-refractivity contribution < 1.29 is 4.74 Å². The van der Waals surface area contributed by atoms with Gasteiger partial charge in [-0.1, -0.05) is 37.6 Å². The van der Waals surface area contributed by atoms with Crippen LogP contribution in [0.5, 0.6) is 5.75 Å². The van der Waals surface area contributed by atoms with Gasteiger partial charge in [0, 0.05) is 5.25 Å². The molecule has 1 atom stereocenters. The highest BCUT2D eigenvalue weighted by molar-refractivity contribution is 7.99. The summed E-state index contributed by atoms with van der Waals surface area (Å²) < 4.78 is 5.78. The average Bonchev–Trinajstić information content (AvgIpc) is 3.01. The van der Waals surface area contributed by atoms with Gasteiger partial charge in [-0.2, -0.15) is 11.8 Å². The van der Waals surface area contributed by atoms with Gasteiger partial charge in [0.05, 0.1) is 6.61 Å². The molecule has 0 aliphatic carbocycles. The number of rotatable bonds is 5. The third-order valence-corrected chi connectivity index (χ3v) is 5.34. The third kappa shape index (κ3) is 3.12. The molecule has 2 heteroatoms. The molecule has 1 heterocycles. The van der Waals surface area contributed by atoms with E-state index in [1.54, 1.807) is 0 Å². The molecular formula is C18H22OS. The van der Waals surface area contributed by atoms with Crippen molar-refractivity contribution in [2.24, 2.45) is 0 Å². The Morgan fingerprint density at radius 1 is 1.15 bits per heavy atom. The molecule has 0 spiro atoms. The second kappa shape index (κ2) is 6.53. The lowest BCUT2D eigenvalue weighted by atomic mass is 10.0. The summed E-state index contributed by atoms with van der Waals surface area (Å²) in [6.07, 6.45) is 4.98. The minimum Gasteiger partial charge on any atom is -0.494 e. The Hall–Kier alpha value is -1.15. The van der Waals surface area contributed by atoms with Gasteiger partial charge >= 0.3 is 0 Å². The van der Waals surface area contributed by atoms with Gasteiger partial charge in [-0.3, -0.25) is 0 Å². The van der Waals surface area contributed by atoms with Gasteiger partial charge in [0.15, 0.2) is 0 Å². The van der Waals surface area contributed by atoms with Crippen molar-refractivity contribution >= 4 is 22.5 Å². The van der Waals surface area contributed by atoms with E-state index in [9.17, 15) is 0 Å². The van der Waals surface area contributed by atoms with Crippen LogP contribution in [0.1, 0.15) is 43.4 Å². The molecule has 1 nitrogen and oxygen atoms in total. The quantitative estimate of drug-likeness (QED) is 0.663. The molecular weight excluding hydrogens is 264 g/mol. The molecule has 0 N–H and O–H groups in total. The van der Waals surface area contributed by atoms with Crippen molar-refractivity contribution in [2.45, 2.75) is 37.9 Å². The first-order chi connectivity index (χ1) is 9.86. The monoisotopic (exact) mass is 286 g/mol. The maximum absolute atomic E-state index is 5.78. The molecule has 1 aliphatic heterocycles. The molecule has 0 saturated carbocycles. The number of thioether (sulfide) groups is 1. The van der Waals surface area contributed by atoms with Crippen molar-refractivity contribution in [3.63, 3.8) is 0 Å². The van der Waals surface area contributed by atoms with Crippen LogP contribution >= 0.6 is 11.8 Å². The van der Waals surface area contributed by atoms with Gasteiger partial charge in [0.1, 0.15) is 5.75 Å². The molecule has 106 valence electrons. The Labute approximate surface area is 125 Å². The predicted octanol–water partition coefficient (Wildman–Crippen LogP) is 5.59. The predicted molar refractivity (Wildman–Crippen MR) is 88.8 cm³/mol. The van der Waals surface area contributed by atoms with Gasteiger partial charge in [-0.25, -0.2) is 0 Å². The molecule has 0 bridgehead atoms. The van der Waals surface area contributed by atoms with Crippen LogP contribution in [0.4, 0.5) is 0 Å². The lowest BCUT2D eigenvalue weighted by Gasteiger charge is -2.11. The molecule has 1 unspecified atom stereocenters. The van der Waals surface area contributed by atoms with Crippen molar-refractivity contribution in [3.8, 4) is 5.75 Å². The van der Waals surface area contributed by atoms with Crippen LogP contribution in [-0.2, 0) is 0 Å². The van der Waals surface area contributed by atoms with E-state index in [2.05, 4.69) is 55.1 Å². The zero-order valence-electron chi connectivity index (χ0n) is 12.1. The Morgan fingerprint density at radius 2 is 2.00 bits per heavy atom. The Balaban J connectivity index is 1.79. The van der Waals surface area contributed by atoms with E-state index in [1.807, 2.05) is 0 Å². The van der Waals surface area contributed by atoms with Crippen LogP contribution in [-0.4, -0.2) is 12.4 Å². The molecule has 20 heavy (non-hydrogen) atoms. The van der Waals surface area contributed by atoms with Crippen molar-refractivity contribution in [3.05, 3.63) is 42.0 Å². The summed E-state index contributed by atoms with van der Waals surface area (Å²) in [5.74, 6) is 2.31. The van der Waals surface area contributed by atoms with E-state index in [1.165, 1.54) is 41.4 Å². The molecule has 1 aliphatic rings. The number of hydrogen-bond donors (Lipinski definition) is 0. The topological polar surface area (TPSA) is 9.23 Å². The summed E-state index contributed by atoms with van der Waals surface area (Å²) >= 11 is 2.10. The van der Waals surface area contributed by atoms with Gasteiger partial charge < -0.3 is 4.74 Å². The maximum Gasteiger partial charge on any atom is 0.119 e. The number of ether oxygens (including phenoxy) is 1. The first kappa shape index (κ1) is 13.8. The number of hydrogen-bond acceptors (Lipinski definition) is 2. The molecule has 2 aromatic carbocycles. The normalized spacial score (nSPS) is 18.6. The van der Waals surface area contributed by atoms with E-state index < -0.39 is 0 Å². The summed E-state index contributed by atoms with van der Waals surface area (Å²) in [6, 6.07) is 13.4. The summed E-state index contributed by atoms with van der Waals surface area (Å²) in [5, 5.41) is 3.32. The average molecular weight is 286 g/mol. The van der Waals surface area contributed by atoms with E-state index in [0.29, 0.717) is 5.25 Å². The Morgan fingerprint density at radius 3 is 2.80 bits per heavy atom. The van der Waals surface area contributed by atoms with E-state index in [0.717, 1.165) is 18.8 Å². The Bertz CT molecular complexity index is 573. The fraction of sp³-hybridized carbons (Fsp3) is 0.444. The van der Waals surface area contributed by atoms with Gasteiger partial charge in [-0.15, -0.1) is 0 Å². The fourth-order valence-corrected chi connectivity index (χ4v) is 4.00. The SMILES string of the molecule is CCCCOc1ccc2cc(C3CCCS3)ccc2c1. The van der Waals surface area contributed by atoms with Crippen LogP contribution < -0.4 is 4.74 Å². The van der Waals surface area contributed by atoms with E-state index in [4.69, 9.17) is 4.74 Å². The number of benzene rings is 2. The number of unbranched alkanes of at least 4 members (excludes halogenated alkanes) is 1. The van der Waals surface area contributed by atoms with Crippen molar-refractivity contribution in [2.75, 3.05) is 12.4 Å². The van der Waals surface area contributed by atoms with Crippen LogP contribution in [0.25, 0.3) is 10.8 Å². The molecule has 0 aromatic heterocycles. The lowest BCUT2D eigenvalue weighted by molar-refractivity contribution is 0.310. The molecule has 0 radical (unpaired) electrons. The largest absolute Gasteiger partial charge is 0.494 e. The molecule has 1 fully saturated rings. The van der Waals surface area contributed by atoms with Crippen LogP contribution in [0.15, 0.2) is 36.4 Å². The number of fused-ring (bicyclic) bond motifs is 1. The maximum atomic E-state index is 5.78. The van der Waals surface area contributed by atoms with Gasteiger partial charge in [-0.05, 0) is 53.5 Å². The highest BCUT2D eigenvalue weighted by Crippen LogP contribution is 2.40. The molecule has 0 amide bonds. The fourth-order valence-electron chi connectivity index (χ4n) is 2.71. The summed E-state index contributed by atoms with van der Waals surface area (Å²) in [7, 11) is 0. The first-order valence-electron chi connectivity index (χ1n) is 7.65. The van der Waals surface area contributed by atoms with E-state index in [-0.39, 0.29) is 0 Å². The van der Waals surface area contributed by atoms with E-state index >= 15 is 0 Å². The smallest absolute Gasteiger partial charge is 0.119 e. The van der Waals surface area contributed by atoms with Crippen LogP contribution in [0.2, 0.25) is 0 Å². The second-order valence-corrected chi connectivity index (χ2v) is 6.78. The summed E-state index contributed by atoms with van der Waals surface area (Å²) in [6.45, 7) is 3.01. The summed E-state index contributed by atoms with van der Waals surface area (Å²) in [4.78, 5) is 0. The molecule has 3 rings (SSSR count). The second-order valence-electron chi connectivity index (χ2n) is 5.47. The lowest BCUT2D eigenvalue weighted by Crippen LogP contribution is -1.96. The van der Waals surface area contributed by atoms with Crippen molar-refractivity contribution in [1.82, 2.24) is 0 Å². The van der Waals surface area contributed by atoms with Crippen molar-refractivity contribution in [1.29, 1.82) is 0 Å². The minimum atomic E-state index is 0.708. The summed E-state index contributed by atoms with van der Waals surface area (Å²) in [5.41, 5.74) is 1.49. The minimum absolute atomic E-state index is 0.708. The first-order valence-corrected chi connectivity index (χ1v) is 8.70. The zero-order chi connectivity index (χ0) is 13.8. The van der Waals surface area contributed by atoms with Gasteiger partial charge in [0.2, 0.25) is 0 Å².